The second-order valence-corrected chi connectivity index (χ2v) is 6.15. The Hall–Kier alpha value is -1.63. The number of nitrogens with one attached hydrogen (secondary N) is 1. The lowest BCUT2D eigenvalue weighted by molar-refractivity contribution is -0.145. The number of esters is 1. The van der Waals surface area contributed by atoms with Gasteiger partial charge in [0, 0.05) is 11.0 Å². The molecule has 7 heteroatoms. The molecule has 0 unspecified atom stereocenters. The van der Waals surface area contributed by atoms with Crippen LogP contribution in [0.2, 0.25) is 0 Å². The molecule has 0 radical (unpaired) electrons. The Bertz CT molecular complexity index is 538. The fourth-order valence-corrected chi connectivity index (χ4v) is 2.53. The third-order valence-corrected chi connectivity index (χ3v) is 3.83. The van der Waals surface area contributed by atoms with E-state index in [9.17, 15) is 18.4 Å². The maximum Gasteiger partial charge on any atom is 0.328 e. The monoisotopic (exact) mass is 331 g/mol. The zero-order valence-electron chi connectivity index (χ0n) is 12.7. The van der Waals surface area contributed by atoms with Crippen LogP contribution in [-0.4, -0.2) is 30.8 Å². The van der Waals surface area contributed by atoms with E-state index in [0.29, 0.717) is 6.42 Å². The molecule has 0 saturated heterocycles. The summed E-state index contributed by atoms with van der Waals surface area (Å²) < 4.78 is 30.9. The number of hydrogen-bond acceptors (Lipinski definition) is 4. The van der Waals surface area contributed by atoms with Gasteiger partial charge in [0.2, 0.25) is 5.91 Å². The highest BCUT2D eigenvalue weighted by atomic mass is 32.2. The predicted molar refractivity (Wildman–Crippen MR) is 80.5 cm³/mol. The predicted octanol–water partition coefficient (Wildman–Crippen LogP) is 2.76. The molecule has 0 saturated carbocycles. The van der Waals surface area contributed by atoms with E-state index in [4.69, 9.17) is 0 Å². The number of hydrogen-bond donors (Lipinski definition) is 1. The molecule has 0 heterocycles. The van der Waals surface area contributed by atoms with Crippen LogP contribution in [0.1, 0.15) is 20.3 Å². The molecule has 0 spiro atoms. The highest BCUT2D eigenvalue weighted by molar-refractivity contribution is 8.00. The van der Waals surface area contributed by atoms with E-state index in [2.05, 4.69) is 10.1 Å². The van der Waals surface area contributed by atoms with Gasteiger partial charge in [-0.2, -0.15) is 0 Å². The molecule has 0 aliphatic carbocycles. The molecule has 1 aromatic rings. The summed E-state index contributed by atoms with van der Waals surface area (Å²) in [5.41, 5.74) is 0. The molecular weight excluding hydrogens is 312 g/mol. The van der Waals surface area contributed by atoms with Crippen LogP contribution in [0.5, 0.6) is 0 Å². The molecule has 4 nitrogen and oxygen atoms in total. The number of ether oxygens (including phenoxy) is 1. The Kier molecular flexibility index (Phi) is 7.31. The smallest absolute Gasteiger partial charge is 0.328 e. The van der Waals surface area contributed by atoms with Crippen molar-refractivity contribution < 1.29 is 23.1 Å². The Morgan fingerprint density at radius 3 is 2.55 bits per heavy atom. The van der Waals surface area contributed by atoms with Crippen LogP contribution in [-0.2, 0) is 14.3 Å². The maximum atomic E-state index is 13.5. The molecule has 0 bridgehead atoms. The van der Waals surface area contributed by atoms with Gasteiger partial charge in [0.1, 0.15) is 17.7 Å². The number of rotatable bonds is 7. The molecule has 1 N–H and O–H groups in total. The summed E-state index contributed by atoms with van der Waals surface area (Å²) in [4.78, 5) is 23.6. The first-order valence-corrected chi connectivity index (χ1v) is 7.77. The van der Waals surface area contributed by atoms with E-state index in [0.717, 1.165) is 23.9 Å². The highest BCUT2D eigenvalue weighted by Gasteiger charge is 2.22. The van der Waals surface area contributed by atoms with Crippen molar-refractivity contribution in [1.82, 2.24) is 5.32 Å². The van der Waals surface area contributed by atoms with Gasteiger partial charge in [0.15, 0.2) is 0 Å². The minimum atomic E-state index is -0.726. The maximum absolute atomic E-state index is 13.5. The van der Waals surface area contributed by atoms with Crippen molar-refractivity contribution >= 4 is 23.6 Å². The third-order valence-electron chi connectivity index (χ3n) is 2.78. The van der Waals surface area contributed by atoms with Crippen LogP contribution >= 0.6 is 11.8 Å². The fourth-order valence-electron chi connectivity index (χ4n) is 1.80. The van der Waals surface area contributed by atoms with E-state index < -0.39 is 29.6 Å². The van der Waals surface area contributed by atoms with Gasteiger partial charge in [0.05, 0.1) is 12.9 Å². The number of methoxy groups -OCH3 is 1. The fraction of sp³-hybridized carbons (Fsp3) is 0.467. The number of benzene rings is 1. The highest BCUT2D eigenvalue weighted by Crippen LogP contribution is 2.22. The zero-order chi connectivity index (χ0) is 16.7. The lowest BCUT2D eigenvalue weighted by atomic mass is 10.0. The molecule has 0 aliphatic heterocycles. The summed E-state index contributed by atoms with van der Waals surface area (Å²) in [5.74, 6) is -2.19. The first-order valence-electron chi connectivity index (χ1n) is 6.78. The third kappa shape index (κ3) is 6.01. The average molecular weight is 331 g/mol. The molecule has 1 atom stereocenters. The zero-order valence-corrected chi connectivity index (χ0v) is 13.5. The molecule has 1 amide bonds. The van der Waals surface area contributed by atoms with Crippen LogP contribution in [0.25, 0.3) is 0 Å². The standard InChI is InChI=1S/C15H19F2NO3S/c1-9(2)6-12(15(20)21-3)18-14(19)8-22-13-5-4-10(16)7-11(13)17/h4-5,7,9,12H,6,8H2,1-3H3,(H,18,19)/t12-/m0/s1. The molecule has 1 rings (SSSR count). The lowest BCUT2D eigenvalue weighted by Crippen LogP contribution is -2.43. The molecule has 0 aliphatic rings. The largest absolute Gasteiger partial charge is 0.467 e. The first-order chi connectivity index (χ1) is 10.3. The van der Waals surface area contributed by atoms with Gasteiger partial charge >= 0.3 is 5.97 Å². The van der Waals surface area contributed by atoms with Crippen LogP contribution in [0.4, 0.5) is 8.78 Å². The van der Waals surface area contributed by atoms with Crippen molar-refractivity contribution in [2.45, 2.75) is 31.2 Å². The Morgan fingerprint density at radius 1 is 1.32 bits per heavy atom. The minimum Gasteiger partial charge on any atom is -0.467 e. The Morgan fingerprint density at radius 2 is 2.00 bits per heavy atom. The summed E-state index contributed by atoms with van der Waals surface area (Å²) in [6.45, 7) is 3.84. The van der Waals surface area contributed by atoms with E-state index in [1.54, 1.807) is 0 Å². The Balaban J connectivity index is 2.58. The summed E-state index contributed by atoms with van der Waals surface area (Å²) in [6.07, 6.45) is 0.452. The minimum absolute atomic E-state index is 0.0753. The van der Waals surface area contributed by atoms with Crippen LogP contribution in [0.15, 0.2) is 23.1 Å². The molecule has 122 valence electrons. The number of amides is 1. The molecule has 0 aromatic heterocycles. The number of halogens is 2. The van der Waals surface area contributed by atoms with Crippen molar-refractivity contribution in [1.29, 1.82) is 0 Å². The van der Waals surface area contributed by atoms with Crippen molar-refractivity contribution in [3.63, 3.8) is 0 Å². The van der Waals surface area contributed by atoms with E-state index in [1.165, 1.54) is 13.2 Å². The van der Waals surface area contributed by atoms with Gasteiger partial charge in [-0.1, -0.05) is 13.8 Å². The molecular formula is C15H19F2NO3S. The van der Waals surface area contributed by atoms with Crippen molar-refractivity contribution in [3.8, 4) is 0 Å². The second kappa shape index (κ2) is 8.73. The number of thioether (sulfide) groups is 1. The topological polar surface area (TPSA) is 55.4 Å². The van der Waals surface area contributed by atoms with Crippen molar-refractivity contribution in [2.24, 2.45) is 5.92 Å². The van der Waals surface area contributed by atoms with Gasteiger partial charge < -0.3 is 10.1 Å². The van der Waals surface area contributed by atoms with Gasteiger partial charge in [-0.15, -0.1) is 11.8 Å². The summed E-state index contributed by atoms with van der Waals surface area (Å²) >= 11 is 0.938. The lowest BCUT2D eigenvalue weighted by Gasteiger charge is -2.18. The molecule has 1 aromatic carbocycles. The van der Waals surface area contributed by atoms with E-state index >= 15 is 0 Å². The quantitative estimate of drug-likeness (QED) is 0.617. The summed E-state index contributed by atoms with van der Waals surface area (Å²) in [5, 5.41) is 2.57. The van der Waals surface area contributed by atoms with Crippen LogP contribution < -0.4 is 5.32 Å². The number of carbonyl (C=O) groups is 2. The molecule has 22 heavy (non-hydrogen) atoms. The number of carbonyl (C=O) groups excluding carboxylic acids is 2. The van der Waals surface area contributed by atoms with E-state index in [1.807, 2.05) is 13.8 Å². The summed E-state index contributed by atoms with van der Waals surface area (Å²) in [6, 6.07) is 2.43. The Labute approximate surface area is 132 Å². The average Bonchev–Trinajstić information content (AvgIpc) is 2.44. The van der Waals surface area contributed by atoms with E-state index in [-0.39, 0.29) is 16.6 Å². The SMILES string of the molecule is COC(=O)[C@H](CC(C)C)NC(=O)CSc1ccc(F)cc1F. The summed E-state index contributed by atoms with van der Waals surface area (Å²) in [7, 11) is 1.25. The van der Waals surface area contributed by atoms with Gasteiger partial charge in [0.25, 0.3) is 0 Å². The van der Waals surface area contributed by atoms with Crippen molar-refractivity contribution in [3.05, 3.63) is 29.8 Å². The molecule has 0 fully saturated rings. The van der Waals surface area contributed by atoms with Crippen molar-refractivity contribution in [2.75, 3.05) is 12.9 Å². The normalized spacial score (nSPS) is 12.1. The second-order valence-electron chi connectivity index (χ2n) is 5.14. The van der Waals surface area contributed by atoms with Crippen LogP contribution in [0, 0.1) is 17.6 Å². The van der Waals surface area contributed by atoms with Gasteiger partial charge in [-0.3, -0.25) is 4.79 Å². The van der Waals surface area contributed by atoms with Crippen LogP contribution in [0.3, 0.4) is 0 Å². The first kappa shape index (κ1) is 18.4. The van der Waals surface area contributed by atoms with Gasteiger partial charge in [-0.25, -0.2) is 13.6 Å². The van der Waals surface area contributed by atoms with Gasteiger partial charge in [-0.05, 0) is 24.5 Å².